The number of nitrogens with one attached hydrogen (secondary N) is 1. The van der Waals surface area contributed by atoms with Gasteiger partial charge in [0.2, 0.25) is 10.0 Å². The van der Waals surface area contributed by atoms with Crippen molar-refractivity contribution in [3.8, 4) is 0 Å². The van der Waals surface area contributed by atoms with E-state index in [4.69, 9.17) is 16.3 Å². The van der Waals surface area contributed by atoms with Gasteiger partial charge in [-0.25, -0.2) is 18.1 Å². The van der Waals surface area contributed by atoms with Crippen LogP contribution in [0.3, 0.4) is 0 Å². The lowest BCUT2D eigenvalue weighted by Gasteiger charge is -2.10. The van der Waals surface area contributed by atoms with Gasteiger partial charge in [-0.3, -0.25) is 0 Å². The van der Waals surface area contributed by atoms with Gasteiger partial charge in [-0.15, -0.1) is 0 Å². The number of hydrogen-bond acceptors (Lipinski definition) is 5. The molecule has 0 bridgehead atoms. The van der Waals surface area contributed by atoms with Gasteiger partial charge in [0.05, 0.1) is 13.2 Å². The second kappa shape index (κ2) is 7.76. The van der Waals surface area contributed by atoms with Crippen molar-refractivity contribution in [3.05, 3.63) is 23.5 Å². The first-order chi connectivity index (χ1) is 8.92. The fraction of sp³-hybridized carbons (Fsp3) is 0.545. The molecule has 1 N–H and O–H groups in total. The van der Waals surface area contributed by atoms with Crippen LogP contribution in [0.2, 0.25) is 5.15 Å². The minimum Gasteiger partial charge on any atom is -0.379 e. The molecular formula is C11H18ClN3O3S. The summed E-state index contributed by atoms with van der Waals surface area (Å²) in [5.41, 5.74) is 0. The number of rotatable bonds is 8. The standard InChI is InChI=1S/C11H18ClN3O3S/c1-15(2)6-8-18-7-5-14-19(16,17)10-3-4-11(12)13-9-10/h3-4,9,14H,5-8H2,1-2H3. The lowest BCUT2D eigenvalue weighted by atomic mass is 10.5. The Bertz CT molecular complexity index is 476. The Morgan fingerprint density at radius 2 is 2.11 bits per heavy atom. The molecule has 0 aliphatic rings. The summed E-state index contributed by atoms with van der Waals surface area (Å²) < 4.78 is 31.4. The number of halogens is 1. The van der Waals surface area contributed by atoms with Crippen molar-refractivity contribution < 1.29 is 13.2 Å². The van der Waals surface area contributed by atoms with Crippen molar-refractivity contribution in [3.63, 3.8) is 0 Å². The third-order valence-corrected chi connectivity index (χ3v) is 3.90. The van der Waals surface area contributed by atoms with Gasteiger partial charge in [0.1, 0.15) is 10.0 Å². The summed E-state index contributed by atoms with van der Waals surface area (Å²) in [6, 6.07) is 2.84. The van der Waals surface area contributed by atoms with E-state index in [9.17, 15) is 8.42 Å². The molecule has 0 atom stereocenters. The Hall–Kier alpha value is -0.730. The molecule has 1 heterocycles. The molecule has 19 heavy (non-hydrogen) atoms. The van der Waals surface area contributed by atoms with E-state index in [1.165, 1.54) is 18.3 Å². The molecule has 0 aromatic carbocycles. The Balaban J connectivity index is 2.33. The van der Waals surface area contributed by atoms with E-state index in [0.717, 1.165) is 6.54 Å². The van der Waals surface area contributed by atoms with Crippen LogP contribution in [0.4, 0.5) is 0 Å². The number of ether oxygens (including phenoxy) is 1. The fourth-order valence-electron chi connectivity index (χ4n) is 1.20. The second-order valence-electron chi connectivity index (χ2n) is 4.13. The number of hydrogen-bond donors (Lipinski definition) is 1. The molecule has 0 saturated heterocycles. The number of sulfonamides is 1. The number of nitrogens with zero attached hydrogens (tertiary/aromatic N) is 2. The minimum absolute atomic E-state index is 0.0881. The summed E-state index contributed by atoms with van der Waals surface area (Å²) in [7, 11) is 0.346. The summed E-state index contributed by atoms with van der Waals surface area (Å²) in [6.07, 6.45) is 1.22. The summed E-state index contributed by atoms with van der Waals surface area (Å²) in [5, 5.41) is 0.256. The Kier molecular flexibility index (Phi) is 6.67. The normalized spacial score (nSPS) is 12.0. The summed E-state index contributed by atoms with van der Waals surface area (Å²) in [4.78, 5) is 5.81. The number of pyridine rings is 1. The Labute approximate surface area is 118 Å². The molecule has 0 spiro atoms. The molecule has 0 fully saturated rings. The largest absolute Gasteiger partial charge is 0.379 e. The lowest BCUT2D eigenvalue weighted by molar-refractivity contribution is 0.122. The van der Waals surface area contributed by atoms with Crippen molar-refractivity contribution in [2.24, 2.45) is 0 Å². The van der Waals surface area contributed by atoms with Crippen LogP contribution < -0.4 is 4.72 Å². The van der Waals surface area contributed by atoms with Gasteiger partial charge >= 0.3 is 0 Å². The summed E-state index contributed by atoms with van der Waals surface area (Å²) in [6.45, 7) is 1.91. The van der Waals surface area contributed by atoms with Crippen molar-refractivity contribution in [2.75, 3.05) is 40.4 Å². The van der Waals surface area contributed by atoms with Crippen LogP contribution in [0.25, 0.3) is 0 Å². The van der Waals surface area contributed by atoms with Gasteiger partial charge < -0.3 is 9.64 Å². The molecule has 0 saturated carbocycles. The van der Waals surface area contributed by atoms with Gasteiger partial charge in [-0.05, 0) is 26.2 Å². The van der Waals surface area contributed by atoms with E-state index < -0.39 is 10.0 Å². The number of likely N-dealkylation sites (N-methyl/N-ethyl adjacent to an activating group) is 1. The first kappa shape index (κ1) is 16.3. The van der Waals surface area contributed by atoms with Gasteiger partial charge in [0.25, 0.3) is 0 Å². The van der Waals surface area contributed by atoms with E-state index in [1.807, 2.05) is 19.0 Å². The molecule has 6 nitrogen and oxygen atoms in total. The molecule has 0 unspecified atom stereocenters. The zero-order valence-electron chi connectivity index (χ0n) is 11.0. The van der Waals surface area contributed by atoms with Crippen LogP contribution in [0.15, 0.2) is 23.2 Å². The predicted octanol–water partition coefficient (Wildman–Crippen LogP) is 0.591. The van der Waals surface area contributed by atoms with Gasteiger partial charge in [-0.2, -0.15) is 0 Å². The highest BCUT2D eigenvalue weighted by Gasteiger charge is 2.13. The molecular weight excluding hydrogens is 290 g/mol. The third kappa shape index (κ3) is 6.31. The molecule has 0 aliphatic carbocycles. The van der Waals surface area contributed by atoms with Crippen molar-refractivity contribution in [1.82, 2.24) is 14.6 Å². The molecule has 0 radical (unpaired) electrons. The molecule has 108 valence electrons. The smallest absolute Gasteiger partial charge is 0.242 e. The SMILES string of the molecule is CN(C)CCOCCNS(=O)(=O)c1ccc(Cl)nc1. The highest BCUT2D eigenvalue weighted by molar-refractivity contribution is 7.89. The number of aromatic nitrogens is 1. The summed E-state index contributed by atoms with van der Waals surface area (Å²) in [5.74, 6) is 0. The molecule has 0 aliphatic heterocycles. The molecule has 1 aromatic heterocycles. The van der Waals surface area contributed by atoms with Crippen LogP contribution in [0, 0.1) is 0 Å². The minimum atomic E-state index is -3.54. The van der Waals surface area contributed by atoms with Gasteiger partial charge in [-0.1, -0.05) is 11.6 Å². The van der Waals surface area contributed by atoms with Crippen LogP contribution in [0.1, 0.15) is 0 Å². The average molecular weight is 308 g/mol. The molecule has 0 amide bonds. The maximum Gasteiger partial charge on any atom is 0.242 e. The quantitative estimate of drug-likeness (QED) is 0.562. The maximum atomic E-state index is 11.8. The summed E-state index contributed by atoms with van der Waals surface area (Å²) >= 11 is 5.60. The van der Waals surface area contributed by atoms with Crippen LogP contribution in [-0.4, -0.2) is 58.7 Å². The first-order valence-electron chi connectivity index (χ1n) is 5.75. The van der Waals surface area contributed by atoms with E-state index in [-0.39, 0.29) is 16.6 Å². The first-order valence-corrected chi connectivity index (χ1v) is 7.61. The van der Waals surface area contributed by atoms with Crippen molar-refractivity contribution >= 4 is 21.6 Å². The van der Waals surface area contributed by atoms with E-state index in [2.05, 4.69) is 9.71 Å². The van der Waals surface area contributed by atoms with E-state index >= 15 is 0 Å². The average Bonchev–Trinajstić information content (AvgIpc) is 2.34. The highest BCUT2D eigenvalue weighted by atomic mass is 35.5. The zero-order valence-corrected chi connectivity index (χ0v) is 12.5. The Morgan fingerprint density at radius 1 is 1.37 bits per heavy atom. The highest BCUT2D eigenvalue weighted by Crippen LogP contribution is 2.10. The zero-order chi connectivity index (χ0) is 14.3. The van der Waals surface area contributed by atoms with Crippen molar-refractivity contribution in [2.45, 2.75) is 4.90 Å². The monoisotopic (exact) mass is 307 g/mol. The van der Waals surface area contributed by atoms with E-state index in [0.29, 0.717) is 13.2 Å². The van der Waals surface area contributed by atoms with Crippen LogP contribution in [0.5, 0.6) is 0 Å². The predicted molar refractivity (Wildman–Crippen MR) is 73.8 cm³/mol. The third-order valence-electron chi connectivity index (χ3n) is 2.23. The van der Waals surface area contributed by atoms with Crippen LogP contribution in [-0.2, 0) is 14.8 Å². The van der Waals surface area contributed by atoms with Crippen LogP contribution >= 0.6 is 11.6 Å². The van der Waals surface area contributed by atoms with Gasteiger partial charge in [0.15, 0.2) is 0 Å². The second-order valence-corrected chi connectivity index (χ2v) is 6.28. The lowest BCUT2D eigenvalue weighted by Crippen LogP contribution is -2.28. The topological polar surface area (TPSA) is 71.5 Å². The molecule has 1 aromatic rings. The van der Waals surface area contributed by atoms with Gasteiger partial charge in [0, 0.05) is 19.3 Å². The molecule has 8 heteroatoms. The fourth-order valence-corrected chi connectivity index (χ4v) is 2.27. The van der Waals surface area contributed by atoms with Crippen molar-refractivity contribution in [1.29, 1.82) is 0 Å². The molecule has 1 rings (SSSR count). The van der Waals surface area contributed by atoms with E-state index in [1.54, 1.807) is 0 Å². The maximum absolute atomic E-state index is 11.8. The Morgan fingerprint density at radius 3 is 2.68 bits per heavy atom.